The van der Waals surface area contributed by atoms with Crippen molar-refractivity contribution in [1.29, 1.82) is 0 Å². The predicted octanol–water partition coefficient (Wildman–Crippen LogP) is 1.56. The molecule has 0 aromatic heterocycles. The Balaban J connectivity index is 1.79. The number of hydrogen-bond donors (Lipinski definition) is 1. The molecule has 136 valence electrons. The van der Waals surface area contributed by atoms with Crippen LogP contribution in [0.25, 0.3) is 6.08 Å². The van der Waals surface area contributed by atoms with E-state index in [1.54, 1.807) is 24.3 Å². The van der Waals surface area contributed by atoms with E-state index in [0.29, 0.717) is 23.6 Å². The second kappa shape index (κ2) is 9.68. The first-order valence-electron chi connectivity index (χ1n) is 8.08. The van der Waals surface area contributed by atoms with Gasteiger partial charge in [0.1, 0.15) is 0 Å². The number of esters is 1. The number of amides is 1. The molecule has 7 nitrogen and oxygen atoms in total. The molecule has 1 fully saturated rings. The highest BCUT2D eigenvalue weighted by Crippen LogP contribution is 2.31. The van der Waals surface area contributed by atoms with Crippen molar-refractivity contribution < 1.29 is 28.5 Å². The minimum Gasteiger partial charge on any atom is -0.493 e. The van der Waals surface area contributed by atoms with Gasteiger partial charge in [-0.2, -0.15) is 0 Å². The largest absolute Gasteiger partial charge is 0.493 e. The summed E-state index contributed by atoms with van der Waals surface area (Å²) in [6.45, 7) is 0.840. The van der Waals surface area contributed by atoms with Crippen LogP contribution in [0.1, 0.15) is 18.4 Å². The van der Waals surface area contributed by atoms with Crippen LogP contribution in [0.4, 0.5) is 0 Å². The number of ether oxygens (including phenoxy) is 4. The minimum absolute atomic E-state index is 0.0556. The number of para-hydroxylation sites is 1. The molecule has 0 radical (unpaired) electrons. The highest BCUT2D eigenvalue weighted by atomic mass is 16.5. The van der Waals surface area contributed by atoms with E-state index >= 15 is 0 Å². The van der Waals surface area contributed by atoms with Gasteiger partial charge in [0.05, 0.1) is 20.3 Å². The van der Waals surface area contributed by atoms with Gasteiger partial charge < -0.3 is 24.3 Å². The van der Waals surface area contributed by atoms with Gasteiger partial charge in [0, 0.05) is 24.8 Å². The van der Waals surface area contributed by atoms with Crippen molar-refractivity contribution in [3.8, 4) is 11.5 Å². The number of rotatable bonds is 8. The van der Waals surface area contributed by atoms with Gasteiger partial charge in [-0.25, -0.2) is 4.79 Å². The van der Waals surface area contributed by atoms with Gasteiger partial charge in [-0.15, -0.1) is 0 Å². The lowest BCUT2D eigenvalue weighted by molar-refractivity contribution is -0.143. The zero-order valence-corrected chi connectivity index (χ0v) is 14.4. The molecule has 1 aromatic carbocycles. The fraction of sp³-hybridized carbons (Fsp3) is 0.444. The Hall–Kier alpha value is -2.54. The summed E-state index contributed by atoms with van der Waals surface area (Å²) in [5.41, 5.74) is 0.668. The van der Waals surface area contributed by atoms with Crippen LogP contribution in [-0.4, -0.2) is 52.0 Å². The van der Waals surface area contributed by atoms with Crippen LogP contribution in [0.3, 0.4) is 0 Å². The van der Waals surface area contributed by atoms with Crippen molar-refractivity contribution in [1.82, 2.24) is 5.32 Å². The van der Waals surface area contributed by atoms with E-state index in [0.717, 1.165) is 19.4 Å². The normalized spacial score (nSPS) is 16.6. The third-order valence-corrected chi connectivity index (χ3v) is 3.73. The average molecular weight is 349 g/mol. The maximum atomic E-state index is 11.7. The van der Waals surface area contributed by atoms with Crippen molar-refractivity contribution in [2.75, 3.05) is 34.0 Å². The van der Waals surface area contributed by atoms with Crippen molar-refractivity contribution >= 4 is 18.0 Å². The van der Waals surface area contributed by atoms with Crippen LogP contribution in [0.2, 0.25) is 0 Å². The van der Waals surface area contributed by atoms with Crippen LogP contribution in [0.15, 0.2) is 24.3 Å². The fourth-order valence-electron chi connectivity index (χ4n) is 2.47. The first-order chi connectivity index (χ1) is 12.1. The van der Waals surface area contributed by atoms with Gasteiger partial charge in [0.15, 0.2) is 18.1 Å². The summed E-state index contributed by atoms with van der Waals surface area (Å²) in [6, 6.07) is 5.32. The van der Waals surface area contributed by atoms with E-state index in [1.807, 2.05) is 0 Å². The van der Waals surface area contributed by atoms with E-state index in [-0.39, 0.29) is 18.6 Å². The molecule has 1 N–H and O–H groups in total. The molecule has 1 heterocycles. The Labute approximate surface area is 146 Å². The lowest BCUT2D eigenvalue weighted by atomic mass is 10.1. The molecule has 0 saturated carbocycles. The number of carbonyl (C=O) groups is 2. The van der Waals surface area contributed by atoms with Crippen LogP contribution >= 0.6 is 0 Å². The predicted molar refractivity (Wildman–Crippen MR) is 91.5 cm³/mol. The van der Waals surface area contributed by atoms with Crippen molar-refractivity contribution in [3.05, 3.63) is 29.8 Å². The van der Waals surface area contributed by atoms with Crippen LogP contribution in [0, 0.1) is 0 Å². The number of hydrogen-bond acceptors (Lipinski definition) is 6. The van der Waals surface area contributed by atoms with Gasteiger partial charge in [0.25, 0.3) is 5.91 Å². The van der Waals surface area contributed by atoms with Gasteiger partial charge in [-0.05, 0) is 25.0 Å². The minimum atomic E-state index is -0.614. The highest BCUT2D eigenvalue weighted by Gasteiger charge is 2.16. The van der Waals surface area contributed by atoms with Gasteiger partial charge in [-0.1, -0.05) is 12.1 Å². The second-order valence-corrected chi connectivity index (χ2v) is 5.46. The van der Waals surface area contributed by atoms with Gasteiger partial charge in [-0.3, -0.25) is 4.79 Å². The lowest BCUT2D eigenvalue weighted by Gasteiger charge is -2.10. The molecule has 1 unspecified atom stereocenters. The molecule has 0 spiro atoms. The van der Waals surface area contributed by atoms with E-state index in [1.165, 1.54) is 20.3 Å². The number of methoxy groups -OCH3 is 2. The molecule has 1 aliphatic heterocycles. The topological polar surface area (TPSA) is 83.1 Å². The van der Waals surface area contributed by atoms with E-state index in [9.17, 15) is 9.59 Å². The van der Waals surface area contributed by atoms with Crippen molar-refractivity contribution in [3.63, 3.8) is 0 Å². The lowest BCUT2D eigenvalue weighted by Crippen LogP contribution is -2.34. The number of benzene rings is 1. The smallest absolute Gasteiger partial charge is 0.331 e. The summed E-state index contributed by atoms with van der Waals surface area (Å²) in [6.07, 6.45) is 4.79. The van der Waals surface area contributed by atoms with E-state index < -0.39 is 5.97 Å². The average Bonchev–Trinajstić information content (AvgIpc) is 3.16. The standard InChI is InChI=1S/C18H23NO6/c1-22-15-7-3-5-13(18(15)23-2)8-9-17(21)25-12-16(20)19-11-14-6-4-10-24-14/h3,5,7-9,14H,4,6,10-12H2,1-2H3,(H,19,20). The van der Waals surface area contributed by atoms with Crippen LogP contribution in [-0.2, 0) is 19.1 Å². The Kier molecular flexibility index (Phi) is 7.28. The summed E-state index contributed by atoms with van der Waals surface area (Å²) < 4.78 is 20.8. The molecular weight excluding hydrogens is 326 g/mol. The SMILES string of the molecule is COc1cccc(C=CC(=O)OCC(=O)NCC2CCCO2)c1OC. The van der Waals surface area contributed by atoms with Crippen LogP contribution in [0.5, 0.6) is 11.5 Å². The molecule has 1 aliphatic rings. The van der Waals surface area contributed by atoms with Crippen LogP contribution < -0.4 is 14.8 Å². The highest BCUT2D eigenvalue weighted by molar-refractivity contribution is 5.89. The van der Waals surface area contributed by atoms with Crippen molar-refractivity contribution in [2.45, 2.75) is 18.9 Å². The zero-order valence-electron chi connectivity index (χ0n) is 14.4. The summed E-state index contributed by atoms with van der Waals surface area (Å²) in [4.78, 5) is 23.4. The first-order valence-corrected chi connectivity index (χ1v) is 8.08. The summed E-state index contributed by atoms with van der Waals surface area (Å²) in [5.74, 6) is 0.114. The maximum absolute atomic E-state index is 11.7. The third kappa shape index (κ3) is 5.79. The number of carbonyl (C=O) groups excluding carboxylic acids is 2. The molecule has 0 aliphatic carbocycles. The monoisotopic (exact) mass is 349 g/mol. The Morgan fingerprint density at radius 1 is 1.32 bits per heavy atom. The first kappa shape index (κ1) is 18.8. The Bertz CT molecular complexity index is 622. The Morgan fingerprint density at radius 2 is 2.16 bits per heavy atom. The second-order valence-electron chi connectivity index (χ2n) is 5.46. The van der Waals surface area contributed by atoms with E-state index in [4.69, 9.17) is 18.9 Å². The summed E-state index contributed by atoms with van der Waals surface area (Å²) in [5, 5.41) is 2.69. The molecule has 1 atom stereocenters. The third-order valence-electron chi connectivity index (χ3n) is 3.73. The molecule has 0 bridgehead atoms. The summed E-state index contributed by atoms with van der Waals surface area (Å²) >= 11 is 0. The number of nitrogens with one attached hydrogen (secondary N) is 1. The Morgan fingerprint density at radius 3 is 2.84 bits per heavy atom. The molecule has 2 rings (SSSR count). The zero-order chi connectivity index (χ0) is 18.1. The van der Waals surface area contributed by atoms with E-state index in [2.05, 4.69) is 5.32 Å². The van der Waals surface area contributed by atoms with Crippen molar-refractivity contribution in [2.24, 2.45) is 0 Å². The molecule has 25 heavy (non-hydrogen) atoms. The molecule has 1 aromatic rings. The summed E-state index contributed by atoms with van der Waals surface area (Å²) in [7, 11) is 3.06. The quantitative estimate of drug-likeness (QED) is 0.566. The maximum Gasteiger partial charge on any atom is 0.331 e. The molecular formula is C18H23NO6. The molecule has 1 saturated heterocycles. The van der Waals surface area contributed by atoms with Gasteiger partial charge >= 0.3 is 5.97 Å². The van der Waals surface area contributed by atoms with Gasteiger partial charge in [0.2, 0.25) is 0 Å². The fourth-order valence-corrected chi connectivity index (χ4v) is 2.47. The molecule has 1 amide bonds. The molecule has 7 heteroatoms.